The van der Waals surface area contributed by atoms with Crippen LogP contribution in [0, 0.1) is 11.6 Å². The minimum atomic E-state index is -1.19. The Balaban J connectivity index is 2.31. The van der Waals surface area contributed by atoms with Crippen molar-refractivity contribution in [3.05, 3.63) is 65.7 Å². The maximum absolute atomic E-state index is 13.3. The van der Waals surface area contributed by atoms with Crippen molar-refractivity contribution in [2.75, 3.05) is 0 Å². The highest BCUT2D eigenvalue weighted by molar-refractivity contribution is 6.03. The molecule has 0 spiro atoms. The van der Waals surface area contributed by atoms with Crippen molar-refractivity contribution in [1.82, 2.24) is 4.98 Å². The first-order chi connectivity index (χ1) is 10.0. The highest BCUT2D eigenvalue weighted by atomic mass is 19.1. The lowest BCUT2D eigenvalue weighted by molar-refractivity contribution is 0.0699. The van der Waals surface area contributed by atoms with Crippen molar-refractivity contribution < 1.29 is 18.7 Å². The summed E-state index contributed by atoms with van der Waals surface area (Å²) in [6.07, 6.45) is 0. The highest BCUT2D eigenvalue weighted by Crippen LogP contribution is 2.26. The number of hydrogen-bond acceptors (Lipinski definition) is 2. The maximum atomic E-state index is 13.3. The number of benzene rings is 2. The largest absolute Gasteiger partial charge is 0.478 e. The number of pyridine rings is 1. The van der Waals surface area contributed by atoms with Gasteiger partial charge < -0.3 is 5.11 Å². The second-order valence-corrected chi connectivity index (χ2v) is 4.53. The van der Waals surface area contributed by atoms with Gasteiger partial charge in [0.05, 0.1) is 16.8 Å². The van der Waals surface area contributed by atoms with Crippen molar-refractivity contribution in [3.63, 3.8) is 0 Å². The Morgan fingerprint density at radius 1 is 1.00 bits per heavy atom. The smallest absolute Gasteiger partial charge is 0.336 e. The van der Waals surface area contributed by atoms with Crippen LogP contribution in [0.1, 0.15) is 10.4 Å². The van der Waals surface area contributed by atoms with Crippen molar-refractivity contribution in [2.24, 2.45) is 0 Å². The van der Waals surface area contributed by atoms with Crippen LogP contribution in [0.25, 0.3) is 22.2 Å². The molecule has 0 radical (unpaired) electrons. The molecule has 2 aromatic carbocycles. The lowest BCUT2D eigenvalue weighted by atomic mass is 10.0. The SMILES string of the molecule is O=C(O)c1cc(-c2cccc(F)c2)nc2ccc(F)cc12. The van der Waals surface area contributed by atoms with E-state index in [0.29, 0.717) is 16.8 Å². The van der Waals surface area contributed by atoms with Gasteiger partial charge in [0.2, 0.25) is 0 Å². The number of fused-ring (bicyclic) bond motifs is 1. The molecule has 3 nitrogen and oxygen atoms in total. The van der Waals surface area contributed by atoms with Gasteiger partial charge in [0.1, 0.15) is 11.6 Å². The topological polar surface area (TPSA) is 50.2 Å². The fourth-order valence-corrected chi connectivity index (χ4v) is 2.17. The third-order valence-electron chi connectivity index (χ3n) is 3.12. The van der Waals surface area contributed by atoms with Crippen LogP contribution in [0.2, 0.25) is 0 Å². The molecule has 0 aliphatic carbocycles. The van der Waals surface area contributed by atoms with Gasteiger partial charge in [0, 0.05) is 10.9 Å². The number of hydrogen-bond donors (Lipinski definition) is 1. The molecule has 0 saturated carbocycles. The van der Waals surface area contributed by atoms with E-state index in [1.54, 1.807) is 6.07 Å². The average molecular weight is 285 g/mol. The Hall–Kier alpha value is -2.82. The minimum Gasteiger partial charge on any atom is -0.478 e. The predicted octanol–water partition coefficient (Wildman–Crippen LogP) is 3.88. The number of carboxylic acids is 1. The Kier molecular flexibility index (Phi) is 3.10. The summed E-state index contributed by atoms with van der Waals surface area (Å²) in [6, 6.07) is 10.8. The molecule has 104 valence electrons. The first kappa shape index (κ1) is 13.2. The molecule has 0 atom stereocenters. The van der Waals surface area contributed by atoms with E-state index in [1.807, 2.05) is 0 Å². The summed E-state index contributed by atoms with van der Waals surface area (Å²) < 4.78 is 26.6. The van der Waals surface area contributed by atoms with Gasteiger partial charge >= 0.3 is 5.97 Å². The van der Waals surface area contributed by atoms with E-state index < -0.39 is 17.6 Å². The summed E-state index contributed by atoms with van der Waals surface area (Å²) >= 11 is 0. The molecule has 0 aliphatic rings. The molecule has 1 N–H and O–H groups in total. The molecule has 21 heavy (non-hydrogen) atoms. The van der Waals surface area contributed by atoms with E-state index in [-0.39, 0.29) is 10.9 Å². The van der Waals surface area contributed by atoms with E-state index in [2.05, 4.69) is 4.98 Å². The number of carbonyl (C=O) groups is 1. The van der Waals surface area contributed by atoms with E-state index in [0.717, 1.165) is 6.07 Å². The number of rotatable bonds is 2. The second-order valence-electron chi connectivity index (χ2n) is 4.53. The van der Waals surface area contributed by atoms with E-state index >= 15 is 0 Å². The van der Waals surface area contributed by atoms with Gasteiger partial charge in [0.15, 0.2) is 0 Å². The van der Waals surface area contributed by atoms with Crippen LogP contribution in [0.15, 0.2) is 48.5 Å². The van der Waals surface area contributed by atoms with Gasteiger partial charge in [0.25, 0.3) is 0 Å². The normalized spacial score (nSPS) is 10.8. The van der Waals surface area contributed by atoms with Crippen molar-refractivity contribution in [3.8, 4) is 11.3 Å². The van der Waals surface area contributed by atoms with Gasteiger partial charge in [-0.2, -0.15) is 0 Å². The number of halogens is 2. The molecule has 3 aromatic rings. The van der Waals surface area contributed by atoms with Crippen LogP contribution in [0.4, 0.5) is 8.78 Å². The van der Waals surface area contributed by atoms with Crippen LogP contribution < -0.4 is 0 Å². The zero-order valence-corrected chi connectivity index (χ0v) is 10.7. The average Bonchev–Trinajstić information content (AvgIpc) is 2.46. The Morgan fingerprint density at radius 2 is 1.76 bits per heavy atom. The highest BCUT2D eigenvalue weighted by Gasteiger charge is 2.14. The van der Waals surface area contributed by atoms with Gasteiger partial charge in [-0.3, -0.25) is 0 Å². The number of aromatic nitrogens is 1. The Labute approximate surface area is 118 Å². The second kappa shape index (κ2) is 4.94. The molecule has 0 fully saturated rings. The van der Waals surface area contributed by atoms with Crippen LogP contribution in [-0.2, 0) is 0 Å². The molecular formula is C16H9F2NO2. The Bertz CT molecular complexity index is 862. The molecule has 1 heterocycles. The van der Waals surface area contributed by atoms with Crippen LogP contribution >= 0.6 is 0 Å². The summed E-state index contributed by atoms with van der Waals surface area (Å²) in [7, 11) is 0. The van der Waals surface area contributed by atoms with Crippen molar-refractivity contribution in [2.45, 2.75) is 0 Å². The summed E-state index contributed by atoms with van der Waals surface area (Å²) in [6.45, 7) is 0. The van der Waals surface area contributed by atoms with Crippen LogP contribution in [0.3, 0.4) is 0 Å². The lowest BCUT2D eigenvalue weighted by Gasteiger charge is -2.07. The van der Waals surface area contributed by atoms with Crippen LogP contribution in [0.5, 0.6) is 0 Å². The Morgan fingerprint density at radius 3 is 2.48 bits per heavy atom. The van der Waals surface area contributed by atoms with Crippen molar-refractivity contribution >= 4 is 16.9 Å². The third kappa shape index (κ3) is 2.45. The molecule has 0 unspecified atom stereocenters. The van der Waals surface area contributed by atoms with E-state index in [9.17, 15) is 18.7 Å². The summed E-state index contributed by atoms with van der Waals surface area (Å²) in [4.78, 5) is 15.6. The van der Waals surface area contributed by atoms with E-state index in [4.69, 9.17) is 0 Å². The van der Waals surface area contributed by atoms with Gasteiger partial charge in [-0.05, 0) is 36.4 Å². The van der Waals surface area contributed by atoms with Crippen molar-refractivity contribution in [1.29, 1.82) is 0 Å². The first-order valence-corrected chi connectivity index (χ1v) is 6.14. The number of nitrogens with zero attached hydrogens (tertiary/aromatic N) is 1. The first-order valence-electron chi connectivity index (χ1n) is 6.14. The quantitative estimate of drug-likeness (QED) is 0.777. The van der Waals surface area contributed by atoms with Gasteiger partial charge in [-0.25, -0.2) is 18.6 Å². The number of aromatic carboxylic acids is 1. The van der Waals surface area contributed by atoms with Gasteiger partial charge in [-0.15, -0.1) is 0 Å². The minimum absolute atomic E-state index is 0.0706. The summed E-state index contributed by atoms with van der Waals surface area (Å²) in [5, 5.41) is 9.49. The monoisotopic (exact) mass is 285 g/mol. The van der Waals surface area contributed by atoms with E-state index in [1.165, 1.54) is 36.4 Å². The predicted molar refractivity (Wildman–Crippen MR) is 74.1 cm³/mol. The zero-order chi connectivity index (χ0) is 15.0. The molecule has 0 aliphatic heterocycles. The zero-order valence-electron chi connectivity index (χ0n) is 10.7. The van der Waals surface area contributed by atoms with Crippen LogP contribution in [-0.4, -0.2) is 16.1 Å². The molecule has 1 aromatic heterocycles. The molecule has 5 heteroatoms. The fourth-order valence-electron chi connectivity index (χ4n) is 2.17. The fraction of sp³-hybridized carbons (Fsp3) is 0. The van der Waals surface area contributed by atoms with Gasteiger partial charge in [-0.1, -0.05) is 12.1 Å². The molecule has 0 saturated heterocycles. The molecule has 3 rings (SSSR count). The molecular weight excluding hydrogens is 276 g/mol. The number of carboxylic acid groups (broad SMARTS) is 1. The third-order valence-corrected chi connectivity index (χ3v) is 3.12. The molecule has 0 bridgehead atoms. The maximum Gasteiger partial charge on any atom is 0.336 e. The molecule has 0 amide bonds. The summed E-state index contributed by atoms with van der Waals surface area (Å²) in [5.74, 6) is -2.17. The lowest BCUT2D eigenvalue weighted by Crippen LogP contribution is -2.00. The summed E-state index contributed by atoms with van der Waals surface area (Å²) in [5.41, 5.74) is 1.06. The standard InChI is InChI=1S/C16H9F2NO2/c17-10-3-1-2-9(6-10)15-8-13(16(20)21)12-7-11(18)4-5-14(12)19-15/h1-8H,(H,20,21).